The van der Waals surface area contributed by atoms with Gasteiger partial charge in [0, 0.05) is 31.2 Å². The van der Waals surface area contributed by atoms with Gasteiger partial charge in [0.2, 0.25) is 0 Å². The lowest BCUT2D eigenvalue weighted by Crippen LogP contribution is -2.63. The molecule has 0 amide bonds. The number of nitrogens with zero attached hydrogens (tertiary/aromatic N) is 1. The average molecular weight is 238 g/mol. The van der Waals surface area contributed by atoms with Crippen molar-refractivity contribution in [1.29, 1.82) is 0 Å². The molecule has 0 aromatic carbocycles. The lowest BCUT2D eigenvalue weighted by molar-refractivity contribution is 0.0706. The van der Waals surface area contributed by atoms with Gasteiger partial charge in [0.15, 0.2) is 0 Å². The van der Waals surface area contributed by atoms with Crippen LogP contribution < -0.4 is 5.32 Å². The maximum Gasteiger partial charge on any atom is 0.0278 e. The van der Waals surface area contributed by atoms with E-state index >= 15 is 0 Å². The molecule has 1 fully saturated rings. The molecule has 100 valence electrons. The normalized spacial score (nSPS) is 30.6. The predicted molar refractivity (Wildman–Crippen MR) is 76.3 cm³/mol. The van der Waals surface area contributed by atoms with Crippen LogP contribution in [0.5, 0.6) is 0 Å². The largest absolute Gasteiger partial charge is 0.309 e. The molecule has 1 rings (SSSR count). The van der Waals surface area contributed by atoms with Gasteiger partial charge in [0.25, 0.3) is 0 Å². The molecule has 1 N–H and O–H groups in total. The smallest absolute Gasteiger partial charge is 0.0278 e. The lowest BCUT2D eigenvalue weighted by Gasteiger charge is -2.47. The van der Waals surface area contributed by atoms with Crippen LogP contribution in [0.15, 0.2) is 11.6 Å². The van der Waals surface area contributed by atoms with Crippen molar-refractivity contribution in [2.24, 2.45) is 5.92 Å². The maximum absolute atomic E-state index is 3.73. The van der Waals surface area contributed by atoms with E-state index in [1.807, 2.05) is 0 Å². The van der Waals surface area contributed by atoms with Gasteiger partial charge in [0.1, 0.15) is 0 Å². The van der Waals surface area contributed by atoms with Crippen LogP contribution in [0, 0.1) is 5.92 Å². The molecule has 1 heterocycles. The van der Waals surface area contributed by atoms with E-state index in [4.69, 9.17) is 0 Å². The Labute approximate surface area is 107 Å². The topological polar surface area (TPSA) is 15.3 Å². The van der Waals surface area contributed by atoms with Crippen LogP contribution in [0.2, 0.25) is 0 Å². The van der Waals surface area contributed by atoms with E-state index in [1.165, 1.54) is 12.0 Å². The first-order valence-electron chi connectivity index (χ1n) is 7.00. The van der Waals surface area contributed by atoms with Gasteiger partial charge in [-0.05, 0) is 33.1 Å². The van der Waals surface area contributed by atoms with Crippen molar-refractivity contribution in [2.45, 2.75) is 59.5 Å². The molecule has 0 saturated carbocycles. The standard InChI is InChI=1S/C15H30N2/c1-7-15(6)11-17(9-8-12(2)3)14(10-16-15)13(4)5/h8,13-14,16H,7,9-11H2,1-6H3. The van der Waals surface area contributed by atoms with E-state index in [2.05, 4.69) is 57.8 Å². The highest BCUT2D eigenvalue weighted by atomic mass is 15.2. The zero-order valence-corrected chi connectivity index (χ0v) is 12.5. The van der Waals surface area contributed by atoms with Crippen molar-refractivity contribution in [3.05, 3.63) is 11.6 Å². The molecule has 1 aliphatic rings. The van der Waals surface area contributed by atoms with E-state index < -0.39 is 0 Å². The van der Waals surface area contributed by atoms with Crippen LogP contribution >= 0.6 is 0 Å². The fourth-order valence-electron chi connectivity index (χ4n) is 2.50. The van der Waals surface area contributed by atoms with Crippen molar-refractivity contribution in [3.63, 3.8) is 0 Å². The van der Waals surface area contributed by atoms with Crippen molar-refractivity contribution < 1.29 is 0 Å². The zero-order valence-electron chi connectivity index (χ0n) is 12.5. The minimum absolute atomic E-state index is 0.293. The fraction of sp³-hybridized carbons (Fsp3) is 0.867. The monoisotopic (exact) mass is 238 g/mol. The first kappa shape index (κ1) is 14.7. The summed E-state index contributed by atoms with van der Waals surface area (Å²) in [7, 11) is 0. The first-order chi connectivity index (χ1) is 7.88. The molecule has 0 spiro atoms. The number of allylic oxidation sites excluding steroid dienone is 1. The molecule has 0 aromatic rings. The Kier molecular flexibility index (Phi) is 5.21. The number of hydrogen-bond acceptors (Lipinski definition) is 2. The molecule has 2 nitrogen and oxygen atoms in total. The molecule has 17 heavy (non-hydrogen) atoms. The van der Waals surface area contributed by atoms with Gasteiger partial charge >= 0.3 is 0 Å². The predicted octanol–water partition coefficient (Wildman–Crippen LogP) is 3.05. The van der Waals surface area contributed by atoms with Crippen LogP contribution in [0.1, 0.15) is 48.0 Å². The van der Waals surface area contributed by atoms with E-state index in [0.29, 0.717) is 11.6 Å². The number of piperazine rings is 1. The molecule has 1 saturated heterocycles. The Bertz CT molecular complexity index is 266. The molecule has 2 unspecified atom stereocenters. The molecule has 2 heteroatoms. The SMILES string of the molecule is CCC1(C)CN(CC=C(C)C)C(C(C)C)CN1. The third-order valence-corrected chi connectivity index (χ3v) is 4.04. The van der Waals surface area contributed by atoms with Gasteiger partial charge in [0.05, 0.1) is 0 Å². The summed E-state index contributed by atoms with van der Waals surface area (Å²) in [5, 5.41) is 3.73. The summed E-state index contributed by atoms with van der Waals surface area (Å²) < 4.78 is 0. The molecule has 1 aliphatic heterocycles. The second kappa shape index (κ2) is 6.01. The molecule has 2 atom stereocenters. The molecule has 0 aliphatic carbocycles. The molecule has 0 aromatic heterocycles. The minimum Gasteiger partial charge on any atom is -0.309 e. The Morgan fingerprint density at radius 3 is 2.59 bits per heavy atom. The summed E-state index contributed by atoms with van der Waals surface area (Å²) in [6.07, 6.45) is 3.56. The minimum atomic E-state index is 0.293. The van der Waals surface area contributed by atoms with Gasteiger partial charge in [-0.2, -0.15) is 0 Å². The highest BCUT2D eigenvalue weighted by Gasteiger charge is 2.34. The summed E-state index contributed by atoms with van der Waals surface area (Å²) in [4.78, 5) is 2.65. The van der Waals surface area contributed by atoms with Crippen molar-refractivity contribution in [1.82, 2.24) is 10.2 Å². The van der Waals surface area contributed by atoms with Crippen LogP contribution in [-0.4, -0.2) is 36.1 Å². The van der Waals surface area contributed by atoms with Crippen molar-refractivity contribution in [2.75, 3.05) is 19.6 Å². The molecular weight excluding hydrogens is 208 g/mol. The third-order valence-electron chi connectivity index (χ3n) is 4.04. The average Bonchev–Trinajstić information content (AvgIpc) is 2.26. The summed E-state index contributed by atoms with van der Waals surface area (Å²) >= 11 is 0. The Balaban J connectivity index is 2.72. The van der Waals surface area contributed by atoms with Gasteiger partial charge < -0.3 is 5.32 Å². The van der Waals surface area contributed by atoms with Gasteiger partial charge in [-0.3, -0.25) is 4.90 Å². The summed E-state index contributed by atoms with van der Waals surface area (Å²) in [5.41, 5.74) is 1.71. The van der Waals surface area contributed by atoms with E-state index in [9.17, 15) is 0 Å². The van der Waals surface area contributed by atoms with Gasteiger partial charge in [-0.25, -0.2) is 0 Å². The quantitative estimate of drug-likeness (QED) is 0.757. The van der Waals surface area contributed by atoms with Crippen LogP contribution in [0.4, 0.5) is 0 Å². The Hall–Kier alpha value is -0.340. The Morgan fingerprint density at radius 1 is 1.47 bits per heavy atom. The van der Waals surface area contributed by atoms with Gasteiger partial charge in [-0.1, -0.05) is 32.4 Å². The zero-order chi connectivity index (χ0) is 13.1. The maximum atomic E-state index is 3.73. The second-order valence-electron chi connectivity index (χ2n) is 6.32. The number of nitrogens with one attached hydrogen (secondary N) is 1. The third kappa shape index (κ3) is 4.11. The van der Waals surface area contributed by atoms with Crippen LogP contribution in [0.3, 0.4) is 0 Å². The molecule has 0 bridgehead atoms. The first-order valence-corrected chi connectivity index (χ1v) is 7.00. The summed E-state index contributed by atoms with van der Waals surface area (Å²) in [5.74, 6) is 0.717. The van der Waals surface area contributed by atoms with E-state index in [-0.39, 0.29) is 0 Å². The highest BCUT2D eigenvalue weighted by molar-refractivity contribution is 5.01. The number of hydrogen-bond donors (Lipinski definition) is 1. The van der Waals surface area contributed by atoms with Crippen LogP contribution in [-0.2, 0) is 0 Å². The second-order valence-corrected chi connectivity index (χ2v) is 6.32. The van der Waals surface area contributed by atoms with E-state index in [0.717, 1.165) is 25.6 Å². The van der Waals surface area contributed by atoms with Crippen LogP contribution in [0.25, 0.3) is 0 Å². The fourth-order valence-corrected chi connectivity index (χ4v) is 2.50. The lowest BCUT2D eigenvalue weighted by atomic mass is 9.90. The summed E-state index contributed by atoms with van der Waals surface area (Å²) in [6, 6.07) is 0.672. The van der Waals surface area contributed by atoms with Crippen molar-refractivity contribution in [3.8, 4) is 0 Å². The van der Waals surface area contributed by atoms with Gasteiger partial charge in [-0.15, -0.1) is 0 Å². The van der Waals surface area contributed by atoms with E-state index in [1.54, 1.807) is 0 Å². The Morgan fingerprint density at radius 2 is 2.12 bits per heavy atom. The van der Waals surface area contributed by atoms with Crippen molar-refractivity contribution >= 4 is 0 Å². The summed E-state index contributed by atoms with van der Waals surface area (Å²) in [6.45, 7) is 17.0. The number of rotatable bonds is 4. The molecular formula is C15H30N2. The molecule has 0 radical (unpaired) electrons. The highest BCUT2D eigenvalue weighted by Crippen LogP contribution is 2.22.